The van der Waals surface area contributed by atoms with E-state index in [1.54, 1.807) is 36.4 Å². The number of nitrogens with one attached hydrogen (secondary N) is 1. The molecule has 3 aromatic carbocycles. The number of anilines is 1. The molecule has 41 heavy (non-hydrogen) atoms. The van der Waals surface area contributed by atoms with Gasteiger partial charge in [0.15, 0.2) is 0 Å². The molecule has 7 nitrogen and oxygen atoms in total. The van der Waals surface area contributed by atoms with Crippen LogP contribution in [-0.2, 0) is 26.2 Å². The fraction of sp³-hybridized carbons (Fsp3) is 0.355. The standard InChI is InChI=1S/C31H37Cl2N3O4S/c1-7-28(31(38)34-20(2)3)35(18-24-11-14-26(32)27(33)17-24)30(37)19-36(29-15-10-22(5)16-23(29)6)41(39,40)25-12-8-21(4)9-13-25/h8-17,20,28H,7,18-19H2,1-6H3,(H,34,38). The fourth-order valence-corrected chi connectivity index (χ4v) is 6.37. The van der Waals surface area contributed by atoms with Crippen molar-refractivity contribution >= 4 is 50.7 Å². The minimum absolute atomic E-state index is 0.0328. The van der Waals surface area contributed by atoms with Crippen LogP contribution in [0.1, 0.15) is 49.4 Å². The quantitative estimate of drug-likeness (QED) is 0.268. The van der Waals surface area contributed by atoms with E-state index in [9.17, 15) is 18.0 Å². The zero-order valence-corrected chi connectivity index (χ0v) is 26.6. The summed E-state index contributed by atoms with van der Waals surface area (Å²) in [6, 6.07) is 15.9. The number of hydrogen-bond acceptors (Lipinski definition) is 4. The molecule has 220 valence electrons. The zero-order valence-electron chi connectivity index (χ0n) is 24.2. The lowest BCUT2D eigenvalue weighted by atomic mass is 10.1. The Morgan fingerprint density at radius 1 is 0.878 bits per heavy atom. The van der Waals surface area contributed by atoms with Crippen LogP contribution < -0.4 is 9.62 Å². The van der Waals surface area contributed by atoms with E-state index in [2.05, 4.69) is 5.32 Å². The molecule has 0 aliphatic carbocycles. The third-order valence-electron chi connectivity index (χ3n) is 6.66. The van der Waals surface area contributed by atoms with Gasteiger partial charge < -0.3 is 10.2 Å². The van der Waals surface area contributed by atoms with Crippen LogP contribution in [0.4, 0.5) is 5.69 Å². The number of rotatable bonds is 11. The maximum atomic E-state index is 14.2. The average Bonchev–Trinajstić information content (AvgIpc) is 2.89. The molecule has 1 N–H and O–H groups in total. The number of amides is 2. The maximum absolute atomic E-state index is 14.2. The molecular weight excluding hydrogens is 581 g/mol. The van der Waals surface area contributed by atoms with Crippen LogP contribution in [0.2, 0.25) is 10.0 Å². The van der Waals surface area contributed by atoms with Crippen molar-refractivity contribution in [2.24, 2.45) is 0 Å². The Kier molecular flexibility index (Phi) is 10.9. The largest absolute Gasteiger partial charge is 0.352 e. The van der Waals surface area contributed by atoms with E-state index < -0.39 is 28.5 Å². The SMILES string of the molecule is CCC(C(=O)NC(C)C)N(Cc1ccc(Cl)c(Cl)c1)C(=O)CN(c1ccc(C)cc1C)S(=O)(=O)c1ccc(C)cc1. The van der Waals surface area contributed by atoms with E-state index in [1.807, 2.05) is 53.7 Å². The topological polar surface area (TPSA) is 86.8 Å². The maximum Gasteiger partial charge on any atom is 0.264 e. The third-order valence-corrected chi connectivity index (χ3v) is 9.18. The molecule has 3 aromatic rings. The molecule has 0 spiro atoms. The van der Waals surface area contributed by atoms with Crippen LogP contribution in [0.15, 0.2) is 65.6 Å². The van der Waals surface area contributed by atoms with Crippen molar-refractivity contribution < 1.29 is 18.0 Å². The Morgan fingerprint density at radius 3 is 2.07 bits per heavy atom. The molecule has 2 amide bonds. The van der Waals surface area contributed by atoms with Gasteiger partial charge in [-0.25, -0.2) is 8.42 Å². The first-order valence-corrected chi connectivity index (χ1v) is 15.6. The predicted octanol–water partition coefficient (Wildman–Crippen LogP) is 6.45. The highest BCUT2D eigenvalue weighted by molar-refractivity contribution is 7.92. The molecule has 0 aromatic heterocycles. The van der Waals surface area contributed by atoms with Crippen LogP contribution >= 0.6 is 23.2 Å². The van der Waals surface area contributed by atoms with Gasteiger partial charge in [0, 0.05) is 12.6 Å². The number of carbonyl (C=O) groups is 2. The van der Waals surface area contributed by atoms with Crippen molar-refractivity contribution in [1.82, 2.24) is 10.2 Å². The Hall–Kier alpha value is -3.07. The van der Waals surface area contributed by atoms with Gasteiger partial charge in [-0.05, 0) is 82.5 Å². The summed E-state index contributed by atoms with van der Waals surface area (Å²) in [5.41, 5.74) is 3.62. The molecule has 0 saturated heterocycles. The second-order valence-corrected chi connectivity index (χ2v) is 13.1. The molecule has 0 aliphatic heterocycles. The van der Waals surface area contributed by atoms with Gasteiger partial charge in [-0.2, -0.15) is 0 Å². The summed E-state index contributed by atoms with van der Waals surface area (Å²) in [6.07, 6.45) is 0.319. The van der Waals surface area contributed by atoms with Crippen molar-refractivity contribution in [1.29, 1.82) is 0 Å². The molecule has 0 bridgehead atoms. The molecule has 10 heteroatoms. The van der Waals surface area contributed by atoms with E-state index >= 15 is 0 Å². The normalized spacial score (nSPS) is 12.2. The van der Waals surface area contributed by atoms with Crippen LogP contribution in [0.25, 0.3) is 0 Å². The van der Waals surface area contributed by atoms with Gasteiger partial charge in [0.1, 0.15) is 12.6 Å². The second kappa shape index (κ2) is 13.7. The van der Waals surface area contributed by atoms with Gasteiger partial charge >= 0.3 is 0 Å². The lowest BCUT2D eigenvalue weighted by molar-refractivity contribution is -0.140. The minimum Gasteiger partial charge on any atom is -0.352 e. The molecule has 3 rings (SSSR count). The third kappa shape index (κ3) is 8.03. The van der Waals surface area contributed by atoms with Crippen LogP contribution in [-0.4, -0.2) is 43.8 Å². The molecule has 1 unspecified atom stereocenters. The first-order chi connectivity index (χ1) is 19.2. The number of hydrogen-bond donors (Lipinski definition) is 1. The fourth-order valence-electron chi connectivity index (χ4n) is 4.57. The first-order valence-electron chi connectivity index (χ1n) is 13.4. The van der Waals surface area contributed by atoms with Crippen molar-refractivity contribution in [2.45, 2.75) is 71.5 Å². The summed E-state index contributed by atoms with van der Waals surface area (Å²) in [7, 11) is -4.14. The molecule has 0 heterocycles. The first kappa shape index (κ1) is 32.4. The Morgan fingerprint density at radius 2 is 1.51 bits per heavy atom. The minimum atomic E-state index is -4.14. The van der Waals surface area contributed by atoms with Crippen LogP contribution in [0, 0.1) is 20.8 Å². The zero-order chi connectivity index (χ0) is 30.5. The summed E-state index contributed by atoms with van der Waals surface area (Å²) < 4.78 is 29.2. The Bertz CT molecular complexity index is 1510. The lowest BCUT2D eigenvalue weighted by Crippen LogP contribution is -2.53. The molecular formula is C31H37Cl2N3O4S. The van der Waals surface area contributed by atoms with Gasteiger partial charge in [-0.1, -0.05) is 71.6 Å². The average molecular weight is 619 g/mol. The molecule has 1 atom stereocenters. The van der Waals surface area contributed by atoms with Crippen molar-refractivity contribution in [2.75, 3.05) is 10.8 Å². The number of benzene rings is 3. The van der Waals surface area contributed by atoms with Crippen LogP contribution in [0.3, 0.4) is 0 Å². The lowest BCUT2D eigenvalue weighted by Gasteiger charge is -2.34. The van der Waals surface area contributed by atoms with E-state index in [0.717, 1.165) is 15.4 Å². The highest BCUT2D eigenvalue weighted by atomic mass is 35.5. The van der Waals surface area contributed by atoms with E-state index in [1.165, 1.54) is 17.0 Å². The van der Waals surface area contributed by atoms with Gasteiger partial charge in [0.05, 0.1) is 20.6 Å². The number of sulfonamides is 1. The van der Waals surface area contributed by atoms with Crippen LogP contribution in [0.5, 0.6) is 0 Å². The number of carbonyl (C=O) groups excluding carboxylic acids is 2. The second-order valence-electron chi connectivity index (χ2n) is 10.5. The number of aryl methyl sites for hydroxylation is 3. The molecule has 0 radical (unpaired) electrons. The summed E-state index contributed by atoms with van der Waals surface area (Å²) in [5.74, 6) is -0.854. The van der Waals surface area contributed by atoms with E-state index in [0.29, 0.717) is 33.3 Å². The van der Waals surface area contributed by atoms with Crippen molar-refractivity contribution in [3.63, 3.8) is 0 Å². The summed E-state index contributed by atoms with van der Waals surface area (Å²) in [5, 5.41) is 3.56. The van der Waals surface area contributed by atoms with E-state index in [-0.39, 0.29) is 23.4 Å². The molecule has 0 fully saturated rings. The predicted molar refractivity (Wildman–Crippen MR) is 166 cm³/mol. The number of halogens is 2. The molecule has 0 aliphatic rings. The van der Waals surface area contributed by atoms with Gasteiger partial charge in [0.25, 0.3) is 10.0 Å². The summed E-state index contributed by atoms with van der Waals surface area (Å²) in [6.45, 7) is 10.6. The van der Waals surface area contributed by atoms with Crippen molar-refractivity contribution in [3.05, 3.63) is 93.0 Å². The van der Waals surface area contributed by atoms with Gasteiger partial charge in [-0.3, -0.25) is 13.9 Å². The smallest absolute Gasteiger partial charge is 0.264 e. The van der Waals surface area contributed by atoms with Gasteiger partial charge in [0.2, 0.25) is 11.8 Å². The summed E-state index contributed by atoms with van der Waals surface area (Å²) in [4.78, 5) is 28.9. The Balaban J connectivity index is 2.11. The summed E-state index contributed by atoms with van der Waals surface area (Å²) >= 11 is 12.4. The van der Waals surface area contributed by atoms with Crippen molar-refractivity contribution in [3.8, 4) is 0 Å². The highest BCUT2D eigenvalue weighted by Gasteiger charge is 2.34. The Labute approximate surface area is 253 Å². The van der Waals surface area contributed by atoms with Gasteiger partial charge in [-0.15, -0.1) is 0 Å². The highest BCUT2D eigenvalue weighted by Crippen LogP contribution is 2.29. The molecule has 0 saturated carbocycles. The monoisotopic (exact) mass is 617 g/mol. The van der Waals surface area contributed by atoms with E-state index in [4.69, 9.17) is 23.2 Å². The number of nitrogens with zero attached hydrogens (tertiary/aromatic N) is 2.